The Kier molecular flexibility index (Phi) is 4.36. The third-order valence-electron chi connectivity index (χ3n) is 2.71. The van der Waals surface area contributed by atoms with Crippen LogP contribution in [0.15, 0.2) is 53.5 Å². The fourth-order valence-electron chi connectivity index (χ4n) is 1.69. The maximum Gasteiger partial charge on any atom is 0.253 e. The van der Waals surface area contributed by atoms with Crippen LogP contribution in [0.5, 0.6) is 0 Å². The highest BCUT2D eigenvalue weighted by Crippen LogP contribution is 2.14. The van der Waals surface area contributed by atoms with Crippen molar-refractivity contribution < 1.29 is 4.79 Å². The van der Waals surface area contributed by atoms with Gasteiger partial charge >= 0.3 is 0 Å². The lowest BCUT2D eigenvalue weighted by atomic mass is 10.1. The van der Waals surface area contributed by atoms with E-state index in [1.54, 1.807) is 0 Å². The Hall–Kier alpha value is -2.07. The minimum absolute atomic E-state index is 0.242. The Morgan fingerprint density at radius 1 is 1.21 bits per heavy atom. The number of hydrogen-bond acceptors (Lipinski definition) is 2. The molecule has 0 fully saturated rings. The van der Waals surface area contributed by atoms with Crippen molar-refractivity contribution in [1.29, 1.82) is 0 Å². The van der Waals surface area contributed by atoms with E-state index in [2.05, 4.69) is 10.3 Å². The predicted molar refractivity (Wildman–Crippen MR) is 74.4 cm³/mol. The molecule has 1 atom stereocenters. The summed E-state index contributed by atoms with van der Waals surface area (Å²) in [7, 11) is 0. The fraction of sp³-hybridized carbons (Fsp3) is 0.143. The number of aromatic amines is 1. The van der Waals surface area contributed by atoms with Crippen LogP contribution >= 0.6 is 11.6 Å². The van der Waals surface area contributed by atoms with Gasteiger partial charge in [-0.1, -0.05) is 30.3 Å². The van der Waals surface area contributed by atoms with E-state index in [9.17, 15) is 9.59 Å². The summed E-state index contributed by atoms with van der Waals surface area (Å²) in [4.78, 5) is 25.4. The first-order valence-electron chi connectivity index (χ1n) is 5.81. The van der Waals surface area contributed by atoms with E-state index in [1.807, 2.05) is 30.3 Å². The van der Waals surface area contributed by atoms with Gasteiger partial charge in [0.15, 0.2) is 0 Å². The number of carbonyl (C=O) groups excluding carboxylic acids is 1. The van der Waals surface area contributed by atoms with Crippen LogP contribution in [-0.4, -0.2) is 16.8 Å². The van der Waals surface area contributed by atoms with Crippen molar-refractivity contribution in [3.63, 3.8) is 0 Å². The molecule has 0 saturated heterocycles. The number of nitrogens with one attached hydrogen (secondary N) is 2. The number of H-pyrrole nitrogens is 1. The van der Waals surface area contributed by atoms with Gasteiger partial charge < -0.3 is 10.3 Å². The van der Waals surface area contributed by atoms with Crippen molar-refractivity contribution in [3.8, 4) is 0 Å². The van der Waals surface area contributed by atoms with Gasteiger partial charge in [-0.05, 0) is 11.6 Å². The highest BCUT2D eigenvalue weighted by Gasteiger charge is 2.14. The van der Waals surface area contributed by atoms with Gasteiger partial charge in [-0.15, -0.1) is 11.6 Å². The summed E-state index contributed by atoms with van der Waals surface area (Å²) in [6.45, 7) is 0. The normalized spacial score (nSPS) is 11.8. The number of hydrogen-bond donors (Lipinski definition) is 2. The fourth-order valence-corrected chi connectivity index (χ4v) is 1.95. The maximum absolute atomic E-state index is 12.0. The van der Waals surface area contributed by atoms with Gasteiger partial charge in [-0.3, -0.25) is 9.59 Å². The molecule has 98 valence electrons. The number of benzene rings is 1. The molecule has 0 saturated carbocycles. The predicted octanol–water partition coefficient (Wildman–Crippen LogP) is 2.08. The Morgan fingerprint density at radius 3 is 2.53 bits per heavy atom. The number of amides is 1. The van der Waals surface area contributed by atoms with Crippen LogP contribution in [0.3, 0.4) is 0 Å². The van der Waals surface area contributed by atoms with E-state index in [0.717, 1.165) is 5.56 Å². The van der Waals surface area contributed by atoms with Gasteiger partial charge in [-0.2, -0.15) is 0 Å². The summed E-state index contributed by atoms with van der Waals surface area (Å²) < 4.78 is 0. The van der Waals surface area contributed by atoms with Crippen LogP contribution in [0, 0.1) is 0 Å². The monoisotopic (exact) mass is 276 g/mol. The van der Waals surface area contributed by atoms with Gasteiger partial charge in [0.05, 0.1) is 11.6 Å². The first-order valence-corrected chi connectivity index (χ1v) is 6.34. The lowest BCUT2D eigenvalue weighted by Crippen LogP contribution is -2.30. The Balaban J connectivity index is 2.13. The molecule has 0 aliphatic heterocycles. The average Bonchev–Trinajstić information content (AvgIpc) is 2.46. The summed E-state index contributed by atoms with van der Waals surface area (Å²) in [5.41, 5.74) is 1.09. The van der Waals surface area contributed by atoms with Crippen LogP contribution in [-0.2, 0) is 0 Å². The molecule has 1 amide bonds. The molecule has 2 rings (SSSR count). The van der Waals surface area contributed by atoms with Gasteiger partial charge in [0.25, 0.3) is 5.91 Å². The molecule has 0 aliphatic rings. The highest BCUT2D eigenvalue weighted by atomic mass is 35.5. The summed E-state index contributed by atoms with van der Waals surface area (Å²) in [5, 5.41) is 2.83. The number of rotatable bonds is 4. The van der Waals surface area contributed by atoms with Crippen molar-refractivity contribution in [2.45, 2.75) is 6.04 Å². The summed E-state index contributed by atoms with van der Waals surface area (Å²) in [6, 6.07) is 12.0. The quantitative estimate of drug-likeness (QED) is 0.840. The van der Waals surface area contributed by atoms with Crippen LogP contribution in [0.25, 0.3) is 0 Å². The molecular weight excluding hydrogens is 264 g/mol. The van der Waals surface area contributed by atoms with Gasteiger partial charge in [0.2, 0.25) is 5.56 Å². The molecular formula is C14H13ClN2O2. The maximum atomic E-state index is 12.0. The summed E-state index contributed by atoms with van der Waals surface area (Å²) >= 11 is 5.89. The summed E-state index contributed by atoms with van der Waals surface area (Å²) in [5.74, 6) is 0.00444. The first kappa shape index (κ1) is 13.4. The van der Waals surface area contributed by atoms with E-state index < -0.39 is 0 Å². The van der Waals surface area contributed by atoms with E-state index in [-0.39, 0.29) is 23.4 Å². The zero-order valence-electron chi connectivity index (χ0n) is 10.1. The van der Waals surface area contributed by atoms with E-state index >= 15 is 0 Å². The third-order valence-corrected chi connectivity index (χ3v) is 3.02. The Bertz CT molecular complexity index is 590. The molecule has 2 N–H and O–H groups in total. The highest BCUT2D eigenvalue weighted by molar-refractivity contribution is 6.18. The van der Waals surface area contributed by atoms with Gasteiger partial charge in [-0.25, -0.2) is 0 Å². The van der Waals surface area contributed by atoms with Crippen LogP contribution in [0.2, 0.25) is 0 Å². The number of halogens is 1. The molecule has 19 heavy (non-hydrogen) atoms. The molecule has 0 radical (unpaired) electrons. The molecule has 1 heterocycles. The molecule has 1 aromatic carbocycles. The molecule has 0 bridgehead atoms. The minimum Gasteiger partial charge on any atom is -0.344 e. The number of alkyl halides is 1. The zero-order valence-corrected chi connectivity index (χ0v) is 10.9. The SMILES string of the molecule is O=C(NC(CCl)c1ccccc1)c1ccc(=O)[nH]c1. The van der Waals surface area contributed by atoms with E-state index in [1.165, 1.54) is 18.3 Å². The Labute approximate surface area is 115 Å². The van der Waals surface area contributed by atoms with Crippen molar-refractivity contribution in [3.05, 3.63) is 70.1 Å². The minimum atomic E-state index is -0.272. The molecule has 1 unspecified atom stereocenters. The van der Waals surface area contributed by atoms with Crippen molar-refractivity contribution in [2.75, 3.05) is 5.88 Å². The molecule has 1 aromatic heterocycles. The van der Waals surface area contributed by atoms with Crippen LogP contribution < -0.4 is 10.9 Å². The number of carbonyl (C=O) groups is 1. The number of aromatic nitrogens is 1. The van der Waals surface area contributed by atoms with Crippen LogP contribution in [0.1, 0.15) is 22.0 Å². The number of pyridine rings is 1. The molecule has 4 nitrogen and oxygen atoms in total. The average molecular weight is 277 g/mol. The molecule has 0 spiro atoms. The van der Waals surface area contributed by atoms with Crippen molar-refractivity contribution in [1.82, 2.24) is 10.3 Å². The first-order chi connectivity index (χ1) is 9.20. The lowest BCUT2D eigenvalue weighted by Gasteiger charge is -2.16. The largest absolute Gasteiger partial charge is 0.344 e. The molecule has 5 heteroatoms. The van der Waals surface area contributed by atoms with Crippen LogP contribution in [0.4, 0.5) is 0 Å². The second-order valence-corrected chi connectivity index (χ2v) is 4.34. The summed E-state index contributed by atoms with van der Waals surface area (Å²) in [6.07, 6.45) is 1.38. The second-order valence-electron chi connectivity index (χ2n) is 4.03. The standard InChI is InChI=1S/C14H13ClN2O2/c15-8-12(10-4-2-1-3-5-10)17-14(19)11-6-7-13(18)16-9-11/h1-7,9,12H,8H2,(H,16,18)(H,17,19). The third kappa shape index (κ3) is 3.45. The van der Waals surface area contributed by atoms with Gasteiger partial charge in [0, 0.05) is 18.1 Å². The molecule has 2 aromatic rings. The van der Waals surface area contributed by atoms with Gasteiger partial charge in [0.1, 0.15) is 0 Å². The topological polar surface area (TPSA) is 62.0 Å². The second kappa shape index (κ2) is 6.20. The van der Waals surface area contributed by atoms with E-state index in [4.69, 9.17) is 11.6 Å². The smallest absolute Gasteiger partial charge is 0.253 e. The van der Waals surface area contributed by atoms with Crippen molar-refractivity contribution in [2.24, 2.45) is 0 Å². The lowest BCUT2D eigenvalue weighted by molar-refractivity contribution is 0.0940. The molecule has 0 aliphatic carbocycles. The van der Waals surface area contributed by atoms with E-state index in [0.29, 0.717) is 5.56 Å². The zero-order chi connectivity index (χ0) is 13.7. The Morgan fingerprint density at radius 2 is 1.95 bits per heavy atom. The van der Waals surface area contributed by atoms with Crippen molar-refractivity contribution >= 4 is 17.5 Å².